The van der Waals surface area contributed by atoms with E-state index in [1.54, 1.807) is 0 Å². The lowest BCUT2D eigenvalue weighted by Crippen LogP contribution is -1.96. The first-order valence-electron chi connectivity index (χ1n) is 5.04. The lowest BCUT2D eigenvalue weighted by molar-refractivity contribution is 0.340. The molecule has 1 unspecified atom stereocenters. The molecule has 2 nitrogen and oxygen atoms in total. The van der Waals surface area contributed by atoms with Crippen molar-refractivity contribution in [3.8, 4) is 11.8 Å². The Hall–Kier alpha value is -1.20. The highest BCUT2D eigenvalue weighted by Crippen LogP contribution is 2.29. The second-order valence-electron chi connectivity index (χ2n) is 3.21. The molecule has 0 aliphatic rings. The van der Waals surface area contributed by atoms with Crippen LogP contribution in [0.15, 0.2) is 18.2 Å². The smallest absolute Gasteiger partial charge is 0.137 e. The fraction of sp³-hybridized carbons (Fsp3) is 0.417. The van der Waals surface area contributed by atoms with E-state index in [1.807, 2.05) is 32.0 Å². The topological polar surface area (TPSA) is 33.0 Å². The zero-order valence-electron chi connectivity index (χ0n) is 8.96. The molecule has 0 aliphatic carbocycles. The summed E-state index contributed by atoms with van der Waals surface area (Å²) in [7, 11) is 0. The van der Waals surface area contributed by atoms with Crippen LogP contribution in [0.2, 0.25) is 5.02 Å². The fourth-order valence-corrected chi connectivity index (χ4v) is 1.65. The molecule has 0 radical (unpaired) electrons. The highest BCUT2D eigenvalue weighted by atomic mass is 35.5. The molecule has 0 N–H and O–H groups in total. The van der Waals surface area contributed by atoms with Gasteiger partial charge in [0.2, 0.25) is 0 Å². The molecule has 3 heteroatoms. The third-order valence-corrected chi connectivity index (χ3v) is 2.52. The van der Waals surface area contributed by atoms with Gasteiger partial charge < -0.3 is 4.74 Å². The highest BCUT2D eigenvalue weighted by molar-refractivity contribution is 6.32. The van der Waals surface area contributed by atoms with Gasteiger partial charge in [-0.25, -0.2) is 0 Å². The van der Waals surface area contributed by atoms with E-state index in [0.717, 1.165) is 12.0 Å². The van der Waals surface area contributed by atoms with Crippen LogP contribution in [0.4, 0.5) is 0 Å². The molecule has 1 rings (SSSR count). The summed E-state index contributed by atoms with van der Waals surface area (Å²) in [6.07, 6.45) is 0.792. The van der Waals surface area contributed by atoms with Crippen LogP contribution < -0.4 is 4.74 Å². The number of ether oxygens (including phenoxy) is 1. The molecule has 1 aromatic rings. The summed E-state index contributed by atoms with van der Waals surface area (Å²) in [5.74, 6) is 0.592. The summed E-state index contributed by atoms with van der Waals surface area (Å²) in [5.41, 5.74) is 0.952. The molecule has 0 saturated carbocycles. The number of rotatable bonds is 4. The average Bonchev–Trinajstić information content (AvgIpc) is 2.24. The Balaban J connectivity index is 2.96. The van der Waals surface area contributed by atoms with Crippen LogP contribution in [0.3, 0.4) is 0 Å². The van der Waals surface area contributed by atoms with Crippen molar-refractivity contribution in [2.45, 2.75) is 26.2 Å². The van der Waals surface area contributed by atoms with Crippen molar-refractivity contribution in [2.75, 3.05) is 6.61 Å². The van der Waals surface area contributed by atoms with Gasteiger partial charge in [0.1, 0.15) is 5.75 Å². The van der Waals surface area contributed by atoms with Crippen LogP contribution >= 0.6 is 11.6 Å². The molecular formula is C12H14ClNO. The number of nitrogens with zero attached hydrogens (tertiary/aromatic N) is 1. The SMILES string of the molecule is CCOc1ccc(C(C#N)CC)cc1Cl. The van der Waals surface area contributed by atoms with E-state index in [1.165, 1.54) is 0 Å². The lowest BCUT2D eigenvalue weighted by Gasteiger charge is -2.10. The number of benzene rings is 1. The first kappa shape index (κ1) is 11.9. The van der Waals surface area contributed by atoms with Gasteiger partial charge in [-0.2, -0.15) is 5.26 Å². The molecule has 0 bridgehead atoms. The second-order valence-corrected chi connectivity index (χ2v) is 3.62. The lowest BCUT2D eigenvalue weighted by atomic mass is 9.98. The van der Waals surface area contributed by atoms with Crippen LogP contribution in [-0.2, 0) is 0 Å². The maximum absolute atomic E-state index is 8.92. The average molecular weight is 224 g/mol. The van der Waals surface area contributed by atoms with E-state index in [4.69, 9.17) is 21.6 Å². The highest BCUT2D eigenvalue weighted by Gasteiger charge is 2.10. The fourth-order valence-electron chi connectivity index (χ4n) is 1.41. The van der Waals surface area contributed by atoms with Gasteiger partial charge in [-0.1, -0.05) is 24.6 Å². The summed E-state index contributed by atoms with van der Waals surface area (Å²) in [4.78, 5) is 0. The number of halogens is 1. The molecule has 0 aliphatic heterocycles. The molecule has 1 aromatic carbocycles. The summed E-state index contributed by atoms with van der Waals surface area (Å²) < 4.78 is 5.32. The molecule has 15 heavy (non-hydrogen) atoms. The molecular weight excluding hydrogens is 210 g/mol. The largest absolute Gasteiger partial charge is 0.492 e. The Bertz CT molecular complexity index is 370. The van der Waals surface area contributed by atoms with Gasteiger partial charge in [-0.15, -0.1) is 0 Å². The van der Waals surface area contributed by atoms with Gasteiger partial charge >= 0.3 is 0 Å². The van der Waals surface area contributed by atoms with Crippen molar-refractivity contribution in [1.29, 1.82) is 5.26 Å². The van der Waals surface area contributed by atoms with Gasteiger partial charge in [-0.3, -0.25) is 0 Å². The summed E-state index contributed by atoms with van der Waals surface area (Å²) >= 11 is 6.03. The number of nitriles is 1. The van der Waals surface area contributed by atoms with Crippen LogP contribution in [-0.4, -0.2) is 6.61 Å². The molecule has 1 atom stereocenters. The van der Waals surface area contributed by atoms with Crippen molar-refractivity contribution in [3.05, 3.63) is 28.8 Å². The summed E-state index contributed by atoms with van der Waals surface area (Å²) in [6.45, 7) is 4.49. The molecule has 0 fully saturated rings. The van der Waals surface area contributed by atoms with Crippen molar-refractivity contribution in [2.24, 2.45) is 0 Å². The summed E-state index contributed by atoms with van der Waals surface area (Å²) in [6, 6.07) is 7.77. The predicted molar refractivity (Wildman–Crippen MR) is 61.3 cm³/mol. The Morgan fingerprint density at radius 3 is 2.67 bits per heavy atom. The van der Waals surface area contributed by atoms with Crippen LogP contribution in [0.25, 0.3) is 0 Å². The monoisotopic (exact) mass is 223 g/mol. The Morgan fingerprint density at radius 1 is 1.47 bits per heavy atom. The number of hydrogen-bond acceptors (Lipinski definition) is 2. The molecule has 0 amide bonds. The van der Waals surface area contributed by atoms with Crippen LogP contribution in [0.1, 0.15) is 31.7 Å². The van der Waals surface area contributed by atoms with Crippen molar-refractivity contribution in [3.63, 3.8) is 0 Å². The van der Waals surface area contributed by atoms with E-state index in [9.17, 15) is 0 Å². The van der Waals surface area contributed by atoms with Crippen molar-refractivity contribution < 1.29 is 4.74 Å². The van der Waals surface area contributed by atoms with Gasteiger partial charge in [0.05, 0.1) is 23.6 Å². The predicted octanol–water partition coefficient (Wildman–Crippen LogP) is 3.76. The van der Waals surface area contributed by atoms with Gasteiger partial charge in [0, 0.05) is 0 Å². The van der Waals surface area contributed by atoms with Crippen LogP contribution in [0, 0.1) is 11.3 Å². The van der Waals surface area contributed by atoms with E-state index >= 15 is 0 Å². The van der Waals surface area contributed by atoms with E-state index in [-0.39, 0.29) is 5.92 Å². The zero-order chi connectivity index (χ0) is 11.3. The second kappa shape index (κ2) is 5.63. The van der Waals surface area contributed by atoms with Crippen LogP contribution in [0.5, 0.6) is 5.75 Å². The minimum atomic E-state index is -0.0850. The summed E-state index contributed by atoms with van der Waals surface area (Å²) in [5, 5.41) is 9.49. The first-order chi connectivity index (χ1) is 7.22. The minimum absolute atomic E-state index is 0.0850. The quantitative estimate of drug-likeness (QED) is 0.779. The third-order valence-electron chi connectivity index (χ3n) is 2.22. The first-order valence-corrected chi connectivity index (χ1v) is 5.42. The molecule has 0 spiro atoms. The standard InChI is InChI=1S/C12H14ClNO/c1-3-9(8-14)10-5-6-12(15-4-2)11(13)7-10/h5-7,9H,3-4H2,1-2H3. The van der Waals surface area contributed by atoms with E-state index in [2.05, 4.69) is 6.07 Å². The maximum Gasteiger partial charge on any atom is 0.137 e. The molecule has 0 saturated heterocycles. The molecule has 0 heterocycles. The van der Waals surface area contributed by atoms with E-state index < -0.39 is 0 Å². The molecule has 80 valence electrons. The zero-order valence-corrected chi connectivity index (χ0v) is 9.71. The Kier molecular flexibility index (Phi) is 4.45. The maximum atomic E-state index is 8.92. The van der Waals surface area contributed by atoms with E-state index in [0.29, 0.717) is 17.4 Å². The number of hydrogen-bond donors (Lipinski definition) is 0. The normalized spacial score (nSPS) is 11.9. The minimum Gasteiger partial charge on any atom is -0.492 e. The third kappa shape index (κ3) is 2.87. The molecule has 0 aromatic heterocycles. The van der Waals surface area contributed by atoms with Gasteiger partial charge in [0.15, 0.2) is 0 Å². The van der Waals surface area contributed by atoms with Crippen molar-refractivity contribution in [1.82, 2.24) is 0 Å². The Labute approximate surface area is 95.4 Å². The van der Waals surface area contributed by atoms with Gasteiger partial charge in [0.25, 0.3) is 0 Å². The van der Waals surface area contributed by atoms with Gasteiger partial charge in [-0.05, 0) is 31.0 Å². The van der Waals surface area contributed by atoms with Crippen molar-refractivity contribution >= 4 is 11.6 Å². The Morgan fingerprint density at radius 2 is 2.20 bits per heavy atom.